The summed E-state index contributed by atoms with van der Waals surface area (Å²) in [5.41, 5.74) is 16.3. The molecule has 0 fully saturated rings. The monoisotopic (exact) mass is 703 g/mol. The van der Waals surface area contributed by atoms with Crippen molar-refractivity contribution in [3.63, 3.8) is 0 Å². The quantitative estimate of drug-likeness (QED) is 0.179. The van der Waals surface area contributed by atoms with E-state index < -0.39 is 5.41 Å². The molecule has 3 heteroatoms. The number of nitrogens with zero attached hydrogens (tertiary/aromatic N) is 3. The maximum Gasteiger partial charge on any atom is 0.160 e. The van der Waals surface area contributed by atoms with Gasteiger partial charge in [-0.2, -0.15) is 0 Å². The Morgan fingerprint density at radius 2 is 1.24 bits per heavy atom. The molecule has 2 aromatic heterocycles. The van der Waals surface area contributed by atoms with Crippen molar-refractivity contribution in [2.75, 3.05) is 0 Å². The van der Waals surface area contributed by atoms with Crippen LogP contribution in [0.1, 0.15) is 52.8 Å². The molecule has 2 aliphatic rings. The van der Waals surface area contributed by atoms with Crippen LogP contribution in [0.25, 0.3) is 67.3 Å². The van der Waals surface area contributed by atoms with Crippen molar-refractivity contribution in [1.82, 2.24) is 14.5 Å². The molecule has 1 atom stereocenters. The fourth-order valence-corrected chi connectivity index (χ4v) is 9.53. The second-order valence-electron chi connectivity index (χ2n) is 14.9. The van der Waals surface area contributed by atoms with E-state index in [2.05, 4.69) is 194 Å². The molecule has 0 amide bonds. The molecule has 0 bridgehead atoms. The van der Waals surface area contributed by atoms with Crippen LogP contribution in [0.4, 0.5) is 0 Å². The number of rotatable bonds is 5. The van der Waals surface area contributed by atoms with Gasteiger partial charge in [-0.05, 0) is 70.1 Å². The lowest BCUT2D eigenvalue weighted by Gasteiger charge is -2.34. The first-order valence-electron chi connectivity index (χ1n) is 19.2. The van der Waals surface area contributed by atoms with Crippen LogP contribution >= 0.6 is 0 Å². The summed E-state index contributed by atoms with van der Waals surface area (Å²) in [5.74, 6) is 1.07. The lowest BCUT2D eigenvalue weighted by Crippen LogP contribution is -2.28. The smallest absolute Gasteiger partial charge is 0.160 e. The SMILES string of the molecule is CC1CC=Cc2c1n(-c1cccc(-c3nc(-c4ccccc4)c4ccccc4n3)c1)c1ccc(C3(c4ccccc4)c4ccccc4-c4ccccc43)cc21. The Balaban J connectivity index is 1.13. The van der Waals surface area contributed by atoms with Gasteiger partial charge in [-0.3, -0.25) is 0 Å². The number of aromatic nitrogens is 3. The van der Waals surface area contributed by atoms with Crippen molar-refractivity contribution in [2.45, 2.75) is 24.7 Å². The predicted octanol–water partition coefficient (Wildman–Crippen LogP) is 12.8. The first kappa shape index (κ1) is 31.7. The van der Waals surface area contributed by atoms with E-state index in [0.717, 1.165) is 45.7 Å². The molecule has 0 N–H and O–H groups in total. The highest BCUT2D eigenvalue weighted by molar-refractivity contribution is 5.97. The van der Waals surface area contributed by atoms with E-state index in [9.17, 15) is 0 Å². The molecule has 0 aliphatic heterocycles. The van der Waals surface area contributed by atoms with Gasteiger partial charge in [-0.25, -0.2) is 9.97 Å². The van der Waals surface area contributed by atoms with E-state index in [-0.39, 0.29) is 0 Å². The minimum atomic E-state index is -0.453. The standard InChI is InChI=1S/C52H37N3/c1-34-16-14-26-42-44-33-38(52(37-20-6-3-7-21-37)45-27-11-8-23-40(45)41-24-9-12-28-46(41)52)30-31-48(44)55(50(34)42)39-22-15-19-36(32-39)51-53-47-29-13-10-25-43(47)49(54-51)35-17-4-2-5-18-35/h2-15,17-34H,16H2,1H3. The molecule has 0 saturated heterocycles. The molecule has 2 aliphatic carbocycles. The predicted molar refractivity (Wildman–Crippen MR) is 227 cm³/mol. The molecular weight excluding hydrogens is 667 g/mol. The summed E-state index contributed by atoms with van der Waals surface area (Å²) < 4.78 is 2.50. The average molecular weight is 704 g/mol. The van der Waals surface area contributed by atoms with E-state index in [0.29, 0.717) is 5.92 Å². The Kier molecular flexibility index (Phi) is 7.12. The minimum absolute atomic E-state index is 0.345. The zero-order chi connectivity index (χ0) is 36.5. The van der Waals surface area contributed by atoms with E-state index >= 15 is 0 Å². The minimum Gasteiger partial charge on any atom is -0.313 e. The Morgan fingerprint density at radius 1 is 0.564 bits per heavy atom. The summed E-state index contributed by atoms with van der Waals surface area (Å²) in [7, 11) is 0. The van der Waals surface area contributed by atoms with Gasteiger partial charge < -0.3 is 4.57 Å². The zero-order valence-electron chi connectivity index (χ0n) is 30.5. The second kappa shape index (κ2) is 12.4. The fourth-order valence-electron chi connectivity index (χ4n) is 9.53. The maximum atomic E-state index is 5.23. The van der Waals surface area contributed by atoms with Gasteiger partial charge in [0.2, 0.25) is 0 Å². The highest BCUT2D eigenvalue weighted by Gasteiger charge is 2.46. The molecule has 7 aromatic carbocycles. The van der Waals surface area contributed by atoms with Crippen LogP contribution in [-0.2, 0) is 5.41 Å². The molecule has 55 heavy (non-hydrogen) atoms. The number of hydrogen-bond acceptors (Lipinski definition) is 2. The van der Waals surface area contributed by atoms with Crippen molar-refractivity contribution in [3.05, 3.63) is 216 Å². The van der Waals surface area contributed by atoms with Crippen LogP contribution in [0.2, 0.25) is 0 Å². The summed E-state index contributed by atoms with van der Waals surface area (Å²) >= 11 is 0. The van der Waals surface area contributed by atoms with Crippen LogP contribution in [-0.4, -0.2) is 14.5 Å². The molecule has 0 saturated carbocycles. The molecule has 11 rings (SSSR count). The van der Waals surface area contributed by atoms with Crippen LogP contribution < -0.4 is 0 Å². The van der Waals surface area contributed by atoms with E-state index in [4.69, 9.17) is 9.97 Å². The Bertz CT molecular complexity index is 2930. The Labute approximate surface area is 320 Å². The van der Waals surface area contributed by atoms with Crippen molar-refractivity contribution >= 4 is 27.9 Å². The molecular formula is C52H37N3. The largest absolute Gasteiger partial charge is 0.313 e. The normalized spacial score (nSPS) is 15.2. The van der Waals surface area contributed by atoms with Gasteiger partial charge in [-0.1, -0.05) is 165 Å². The van der Waals surface area contributed by atoms with Crippen molar-refractivity contribution in [3.8, 4) is 39.5 Å². The van der Waals surface area contributed by atoms with Crippen molar-refractivity contribution < 1.29 is 0 Å². The number of allylic oxidation sites excluding steroid dienone is 1. The maximum absolute atomic E-state index is 5.23. The molecule has 9 aromatic rings. The van der Waals surface area contributed by atoms with Gasteiger partial charge in [0.15, 0.2) is 5.82 Å². The summed E-state index contributed by atoms with van der Waals surface area (Å²) in [6.45, 7) is 2.36. The van der Waals surface area contributed by atoms with Gasteiger partial charge >= 0.3 is 0 Å². The van der Waals surface area contributed by atoms with Crippen LogP contribution in [0.15, 0.2) is 182 Å². The molecule has 1 unspecified atom stereocenters. The Hall–Kier alpha value is -6.84. The Morgan fingerprint density at radius 3 is 2.02 bits per heavy atom. The van der Waals surface area contributed by atoms with Crippen LogP contribution in [0.5, 0.6) is 0 Å². The third-order valence-electron chi connectivity index (χ3n) is 11.9. The number of fused-ring (bicyclic) bond motifs is 7. The molecule has 3 nitrogen and oxygen atoms in total. The van der Waals surface area contributed by atoms with Crippen molar-refractivity contribution in [2.24, 2.45) is 0 Å². The van der Waals surface area contributed by atoms with Gasteiger partial charge in [0, 0.05) is 44.8 Å². The van der Waals surface area contributed by atoms with Gasteiger partial charge in [0.1, 0.15) is 0 Å². The molecule has 0 spiro atoms. The summed E-state index contributed by atoms with van der Waals surface area (Å²) in [6, 6.07) is 63.8. The first-order valence-corrected chi connectivity index (χ1v) is 19.2. The lowest BCUT2D eigenvalue weighted by atomic mass is 9.67. The highest BCUT2D eigenvalue weighted by Crippen LogP contribution is 2.56. The lowest BCUT2D eigenvalue weighted by molar-refractivity contribution is 0.723. The third-order valence-corrected chi connectivity index (χ3v) is 11.9. The number of benzene rings is 7. The summed E-state index contributed by atoms with van der Waals surface area (Å²) in [6.07, 6.45) is 5.70. The molecule has 0 radical (unpaired) electrons. The number of para-hydroxylation sites is 1. The highest BCUT2D eigenvalue weighted by atomic mass is 15.0. The van der Waals surface area contributed by atoms with E-state index in [1.165, 1.54) is 55.5 Å². The topological polar surface area (TPSA) is 30.7 Å². The van der Waals surface area contributed by atoms with Gasteiger partial charge in [-0.15, -0.1) is 0 Å². The molecule has 2 heterocycles. The van der Waals surface area contributed by atoms with Gasteiger partial charge in [0.05, 0.1) is 22.1 Å². The van der Waals surface area contributed by atoms with Crippen molar-refractivity contribution in [1.29, 1.82) is 0 Å². The number of hydrogen-bond donors (Lipinski definition) is 0. The summed E-state index contributed by atoms with van der Waals surface area (Å²) in [4.78, 5) is 10.3. The average Bonchev–Trinajstić information content (AvgIpc) is 3.75. The van der Waals surface area contributed by atoms with Crippen LogP contribution in [0.3, 0.4) is 0 Å². The van der Waals surface area contributed by atoms with Crippen LogP contribution in [0, 0.1) is 0 Å². The van der Waals surface area contributed by atoms with E-state index in [1.54, 1.807) is 0 Å². The third kappa shape index (κ3) is 4.69. The molecule has 260 valence electrons. The van der Waals surface area contributed by atoms with Gasteiger partial charge in [0.25, 0.3) is 0 Å². The second-order valence-corrected chi connectivity index (χ2v) is 14.9. The summed E-state index contributed by atoms with van der Waals surface area (Å²) in [5, 5.41) is 2.32. The fraction of sp³-hybridized carbons (Fsp3) is 0.0769. The van der Waals surface area contributed by atoms with E-state index in [1.807, 2.05) is 6.07 Å². The first-order chi connectivity index (χ1) is 27.2. The zero-order valence-corrected chi connectivity index (χ0v) is 30.5.